The number of ketones is 1. The standard InChI is InChI=1S/C17H16O5/c1-11-3-8-14(15(18)9-11)17(20)22-10-16(19)12-4-6-13(21-2)7-5-12/h3-9,18H,10H2,1-2H3. The fourth-order valence-corrected chi connectivity index (χ4v) is 1.88. The van der Waals surface area contributed by atoms with Crippen molar-refractivity contribution in [1.82, 2.24) is 0 Å². The summed E-state index contributed by atoms with van der Waals surface area (Å²) in [4.78, 5) is 23.8. The van der Waals surface area contributed by atoms with Crippen molar-refractivity contribution < 1.29 is 24.2 Å². The van der Waals surface area contributed by atoms with Crippen LogP contribution in [-0.4, -0.2) is 30.6 Å². The lowest BCUT2D eigenvalue weighted by molar-refractivity contribution is 0.0472. The number of aryl methyl sites for hydroxylation is 1. The number of hydrogen-bond acceptors (Lipinski definition) is 5. The summed E-state index contributed by atoms with van der Waals surface area (Å²) in [7, 11) is 1.53. The largest absolute Gasteiger partial charge is 0.507 e. The Bertz CT molecular complexity index is 689. The summed E-state index contributed by atoms with van der Waals surface area (Å²) < 4.78 is 9.95. The minimum absolute atomic E-state index is 0.0353. The molecule has 1 N–H and O–H groups in total. The van der Waals surface area contributed by atoms with E-state index in [4.69, 9.17) is 9.47 Å². The van der Waals surface area contributed by atoms with Crippen molar-refractivity contribution in [3.05, 3.63) is 59.2 Å². The van der Waals surface area contributed by atoms with Gasteiger partial charge in [0.2, 0.25) is 0 Å². The van der Waals surface area contributed by atoms with Crippen LogP contribution in [0.3, 0.4) is 0 Å². The van der Waals surface area contributed by atoms with Crippen molar-refractivity contribution in [3.63, 3.8) is 0 Å². The summed E-state index contributed by atoms with van der Waals surface area (Å²) in [5.74, 6) is -0.595. The van der Waals surface area contributed by atoms with E-state index in [0.29, 0.717) is 11.3 Å². The Hall–Kier alpha value is -2.82. The van der Waals surface area contributed by atoms with Crippen LogP contribution in [0.1, 0.15) is 26.3 Å². The molecule has 114 valence electrons. The Balaban J connectivity index is 1.99. The number of ether oxygens (including phenoxy) is 2. The number of methoxy groups -OCH3 is 1. The highest BCUT2D eigenvalue weighted by atomic mass is 16.5. The number of carbonyl (C=O) groups is 2. The number of carbonyl (C=O) groups excluding carboxylic acids is 2. The summed E-state index contributed by atoms with van der Waals surface area (Å²) in [6, 6.07) is 11.1. The highest BCUT2D eigenvalue weighted by Crippen LogP contribution is 2.19. The van der Waals surface area contributed by atoms with Crippen molar-refractivity contribution in [3.8, 4) is 11.5 Å². The van der Waals surface area contributed by atoms with Crippen LogP contribution in [-0.2, 0) is 4.74 Å². The summed E-state index contributed by atoms with van der Waals surface area (Å²) in [6.07, 6.45) is 0. The van der Waals surface area contributed by atoms with E-state index in [9.17, 15) is 14.7 Å². The number of hydrogen-bond donors (Lipinski definition) is 1. The third-order valence-corrected chi connectivity index (χ3v) is 3.12. The molecule has 5 nitrogen and oxygen atoms in total. The first-order valence-corrected chi connectivity index (χ1v) is 6.65. The Morgan fingerprint density at radius 1 is 1.09 bits per heavy atom. The van der Waals surface area contributed by atoms with Crippen molar-refractivity contribution in [2.75, 3.05) is 13.7 Å². The third kappa shape index (κ3) is 3.63. The predicted molar refractivity (Wildman–Crippen MR) is 80.5 cm³/mol. The molecule has 2 aromatic carbocycles. The van der Waals surface area contributed by atoms with Crippen LogP contribution >= 0.6 is 0 Å². The minimum Gasteiger partial charge on any atom is -0.507 e. The lowest BCUT2D eigenvalue weighted by atomic mass is 10.1. The van der Waals surface area contributed by atoms with Gasteiger partial charge in [-0.05, 0) is 48.9 Å². The van der Waals surface area contributed by atoms with Gasteiger partial charge in [-0.2, -0.15) is 0 Å². The fraction of sp³-hybridized carbons (Fsp3) is 0.176. The first-order valence-electron chi connectivity index (χ1n) is 6.65. The molecule has 2 aromatic rings. The van der Waals surface area contributed by atoms with Gasteiger partial charge in [0.15, 0.2) is 12.4 Å². The maximum absolute atomic E-state index is 11.9. The van der Waals surface area contributed by atoms with Crippen LogP contribution in [0.4, 0.5) is 0 Å². The maximum atomic E-state index is 11.9. The average molecular weight is 300 g/mol. The zero-order chi connectivity index (χ0) is 16.1. The molecule has 22 heavy (non-hydrogen) atoms. The van der Waals surface area contributed by atoms with Gasteiger partial charge in [0.25, 0.3) is 0 Å². The van der Waals surface area contributed by atoms with Gasteiger partial charge in [-0.1, -0.05) is 6.07 Å². The molecule has 0 fully saturated rings. The second-order valence-corrected chi connectivity index (χ2v) is 4.75. The van der Waals surface area contributed by atoms with Crippen molar-refractivity contribution in [2.45, 2.75) is 6.92 Å². The molecule has 0 atom stereocenters. The smallest absolute Gasteiger partial charge is 0.342 e. The highest BCUT2D eigenvalue weighted by molar-refractivity contribution is 6.00. The molecule has 0 heterocycles. The number of benzene rings is 2. The number of phenolic OH excluding ortho intramolecular Hbond substituents is 1. The number of esters is 1. The van der Waals surface area contributed by atoms with Gasteiger partial charge in [-0.15, -0.1) is 0 Å². The summed E-state index contributed by atoms with van der Waals surface area (Å²) in [6.45, 7) is 1.40. The van der Waals surface area contributed by atoms with Gasteiger partial charge in [0.1, 0.15) is 17.1 Å². The predicted octanol–water partition coefficient (Wildman–Crippen LogP) is 2.75. The van der Waals surface area contributed by atoms with Gasteiger partial charge >= 0.3 is 5.97 Å². The molecule has 0 saturated heterocycles. The highest BCUT2D eigenvalue weighted by Gasteiger charge is 2.15. The minimum atomic E-state index is -0.737. The Morgan fingerprint density at radius 3 is 2.36 bits per heavy atom. The van der Waals surface area contributed by atoms with Gasteiger partial charge in [-0.25, -0.2) is 4.79 Å². The molecule has 0 amide bonds. The first kappa shape index (κ1) is 15.6. The number of aromatic hydroxyl groups is 1. The van der Waals surface area contributed by atoms with E-state index in [1.54, 1.807) is 37.3 Å². The van der Waals surface area contributed by atoms with Crippen molar-refractivity contribution in [1.29, 1.82) is 0 Å². The normalized spacial score (nSPS) is 10.1. The molecule has 0 spiro atoms. The number of phenols is 1. The molecular weight excluding hydrogens is 284 g/mol. The van der Waals surface area contributed by atoms with Crippen molar-refractivity contribution >= 4 is 11.8 Å². The van der Waals surface area contributed by atoms with E-state index in [0.717, 1.165) is 5.56 Å². The van der Waals surface area contributed by atoms with Crippen LogP contribution in [0.2, 0.25) is 0 Å². The molecule has 0 aromatic heterocycles. The van der Waals surface area contributed by atoms with E-state index < -0.39 is 12.6 Å². The van der Waals surface area contributed by atoms with Crippen LogP contribution < -0.4 is 4.74 Å². The Morgan fingerprint density at radius 2 is 1.77 bits per heavy atom. The van der Waals surface area contributed by atoms with Crippen LogP contribution in [0, 0.1) is 6.92 Å². The number of rotatable bonds is 5. The number of Topliss-reactive ketones (excluding diaryl/α,β-unsaturated/α-hetero) is 1. The van der Waals surface area contributed by atoms with Crippen LogP contribution in [0.15, 0.2) is 42.5 Å². The zero-order valence-electron chi connectivity index (χ0n) is 12.3. The maximum Gasteiger partial charge on any atom is 0.342 e. The third-order valence-electron chi connectivity index (χ3n) is 3.12. The van der Waals surface area contributed by atoms with E-state index in [-0.39, 0.29) is 17.1 Å². The molecule has 0 aliphatic heterocycles. The lowest BCUT2D eigenvalue weighted by Crippen LogP contribution is -2.14. The molecule has 0 saturated carbocycles. The molecule has 5 heteroatoms. The van der Waals surface area contributed by atoms with E-state index in [1.807, 2.05) is 0 Å². The molecule has 0 bridgehead atoms. The topological polar surface area (TPSA) is 72.8 Å². The lowest BCUT2D eigenvalue weighted by Gasteiger charge is -2.07. The summed E-state index contributed by atoms with van der Waals surface area (Å²) >= 11 is 0. The molecule has 2 rings (SSSR count). The van der Waals surface area contributed by atoms with E-state index in [2.05, 4.69) is 0 Å². The summed E-state index contributed by atoms with van der Waals surface area (Å²) in [5, 5.41) is 9.70. The first-order chi connectivity index (χ1) is 10.5. The van der Waals surface area contributed by atoms with Gasteiger partial charge in [-0.3, -0.25) is 4.79 Å². The molecule has 0 aliphatic carbocycles. The summed E-state index contributed by atoms with van der Waals surface area (Å²) in [5.41, 5.74) is 1.28. The monoisotopic (exact) mass is 300 g/mol. The molecule has 0 aliphatic rings. The molecular formula is C17H16O5. The van der Waals surface area contributed by atoms with Crippen molar-refractivity contribution in [2.24, 2.45) is 0 Å². The van der Waals surface area contributed by atoms with Crippen LogP contribution in [0.5, 0.6) is 11.5 Å². The van der Waals surface area contributed by atoms with Crippen LogP contribution in [0.25, 0.3) is 0 Å². The van der Waals surface area contributed by atoms with Gasteiger partial charge in [0.05, 0.1) is 7.11 Å². The molecule has 0 unspecified atom stereocenters. The Kier molecular flexibility index (Phi) is 4.78. The SMILES string of the molecule is COc1ccc(C(=O)COC(=O)c2ccc(C)cc2O)cc1. The van der Waals surface area contributed by atoms with Gasteiger partial charge < -0.3 is 14.6 Å². The molecule has 0 radical (unpaired) electrons. The average Bonchev–Trinajstić information content (AvgIpc) is 2.52. The van der Waals surface area contributed by atoms with Gasteiger partial charge in [0, 0.05) is 5.56 Å². The quantitative estimate of drug-likeness (QED) is 0.679. The second kappa shape index (κ2) is 6.76. The fourth-order valence-electron chi connectivity index (χ4n) is 1.88. The second-order valence-electron chi connectivity index (χ2n) is 4.75. The Labute approximate surface area is 128 Å². The van der Waals surface area contributed by atoms with E-state index >= 15 is 0 Å². The zero-order valence-corrected chi connectivity index (χ0v) is 12.3. The van der Waals surface area contributed by atoms with E-state index in [1.165, 1.54) is 19.2 Å².